The second-order valence-corrected chi connectivity index (χ2v) is 7.03. The molecule has 0 N–H and O–H groups in total. The summed E-state index contributed by atoms with van der Waals surface area (Å²) in [4.78, 5) is 15.4. The van der Waals surface area contributed by atoms with Gasteiger partial charge in [-0.15, -0.1) is 11.8 Å². The summed E-state index contributed by atoms with van der Waals surface area (Å²) in [6.45, 7) is 4.64. The molecule has 1 amide bonds. The summed E-state index contributed by atoms with van der Waals surface area (Å²) in [7, 11) is 3.50. The number of nitrogens with zero attached hydrogens (tertiary/aromatic N) is 1. The fraction of sp³-hybridized carbons (Fsp3) is 0.316. The molecule has 0 saturated carbocycles. The number of carbonyl (C=O) groups excluding carboxylic acids is 1. The maximum atomic E-state index is 12.5. The first-order chi connectivity index (χ1) is 11.0. The molecule has 0 aliphatic rings. The molecule has 0 fully saturated rings. The predicted molar refractivity (Wildman–Crippen MR) is 96.0 cm³/mol. The van der Waals surface area contributed by atoms with E-state index >= 15 is 0 Å². The van der Waals surface area contributed by atoms with Crippen molar-refractivity contribution in [2.24, 2.45) is 0 Å². The van der Waals surface area contributed by atoms with Gasteiger partial charge in [0.15, 0.2) is 0 Å². The monoisotopic (exact) mass is 329 g/mol. The van der Waals surface area contributed by atoms with Crippen LogP contribution >= 0.6 is 11.8 Å². The molecule has 1 unspecified atom stereocenters. The second kappa shape index (κ2) is 8.06. The van der Waals surface area contributed by atoms with Crippen LogP contribution in [-0.4, -0.2) is 30.2 Å². The van der Waals surface area contributed by atoms with E-state index in [-0.39, 0.29) is 11.2 Å². The molecule has 0 aromatic heterocycles. The van der Waals surface area contributed by atoms with Crippen molar-refractivity contribution in [2.75, 3.05) is 14.2 Å². The van der Waals surface area contributed by atoms with Crippen LogP contribution in [-0.2, 0) is 11.3 Å². The summed E-state index contributed by atoms with van der Waals surface area (Å²) >= 11 is 1.57. The van der Waals surface area contributed by atoms with Crippen molar-refractivity contribution in [3.63, 3.8) is 0 Å². The van der Waals surface area contributed by atoms with Gasteiger partial charge in [-0.25, -0.2) is 0 Å². The molecule has 0 aliphatic heterocycles. The van der Waals surface area contributed by atoms with Gasteiger partial charge >= 0.3 is 0 Å². The Balaban J connectivity index is 1.93. The van der Waals surface area contributed by atoms with Crippen LogP contribution in [0.15, 0.2) is 53.4 Å². The van der Waals surface area contributed by atoms with Gasteiger partial charge in [-0.2, -0.15) is 0 Å². The number of rotatable bonds is 6. The molecule has 2 aromatic carbocycles. The van der Waals surface area contributed by atoms with Crippen molar-refractivity contribution >= 4 is 17.7 Å². The Kier molecular flexibility index (Phi) is 6.11. The molecule has 23 heavy (non-hydrogen) atoms. The SMILES string of the molecule is COc1ccc(SC(C)C(=O)N(C)Cc2ccc(C)cc2)cc1. The zero-order valence-corrected chi connectivity index (χ0v) is 14.9. The number of aryl methyl sites for hydroxylation is 1. The van der Waals surface area contributed by atoms with Crippen LogP contribution in [0, 0.1) is 6.92 Å². The summed E-state index contributed by atoms with van der Waals surface area (Å²) in [5, 5.41) is -0.126. The minimum atomic E-state index is -0.126. The van der Waals surface area contributed by atoms with Crippen molar-refractivity contribution in [3.8, 4) is 5.75 Å². The molecular weight excluding hydrogens is 306 g/mol. The van der Waals surface area contributed by atoms with Crippen molar-refractivity contribution in [1.29, 1.82) is 0 Å². The number of ether oxygens (including phenoxy) is 1. The number of hydrogen-bond acceptors (Lipinski definition) is 3. The Morgan fingerprint density at radius 2 is 1.74 bits per heavy atom. The van der Waals surface area contributed by atoms with Crippen LogP contribution in [0.3, 0.4) is 0 Å². The van der Waals surface area contributed by atoms with Gasteiger partial charge in [0.05, 0.1) is 12.4 Å². The highest BCUT2D eigenvalue weighted by atomic mass is 32.2. The summed E-state index contributed by atoms with van der Waals surface area (Å²) < 4.78 is 5.15. The first kappa shape index (κ1) is 17.4. The van der Waals surface area contributed by atoms with Gasteiger partial charge in [-0.05, 0) is 43.7 Å². The molecule has 0 spiro atoms. The normalized spacial score (nSPS) is 11.8. The van der Waals surface area contributed by atoms with Crippen LogP contribution < -0.4 is 4.74 Å². The van der Waals surface area contributed by atoms with Gasteiger partial charge in [0.25, 0.3) is 0 Å². The summed E-state index contributed by atoms with van der Waals surface area (Å²) in [6, 6.07) is 16.1. The average Bonchev–Trinajstić information content (AvgIpc) is 2.56. The Hall–Kier alpha value is -1.94. The molecule has 0 bridgehead atoms. The lowest BCUT2D eigenvalue weighted by molar-refractivity contribution is -0.129. The zero-order chi connectivity index (χ0) is 16.8. The molecule has 0 aliphatic carbocycles. The van der Waals surface area contributed by atoms with E-state index in [9.17, 15) is 4.79 Å². The molecule has 2 rings (SSSR count). The van der Waals surface area contributed by atoms with Crippen LogP contribution in [0.4, 0.5) is 0 Å². The van der Waals surface area contributed by atoms with E-state index in [4.69, 9.17) is 4.74 Å². The van der Waals surface area contributed by atoms with Gasteiger partial charge in [0.2, 0.25) is 5.91 Å². The van der Waals surface area contributed by atoms with E-state index in [1.54, 1.807) is 23.8 Å². The van der Waals surface area contributed by atoms with Crippen molar-refractivity contribution in [2.45, 2.75) is 30.5 Å². The van der Waals surface area contributed by atoms with Crippen LogP contribution in [0.5, 0.6) is 5.75 Å². The average molecular weight is 329 g/mol. The highest BCUT2D eigenvalue weighted by Gasteiger charge is 2.18. The van der Waals surface area contributed by atoms with E-state index < -0.39 is 0 Å². The van der Waals surface area contributed by atoms with Gasteiger partial charge in [-0.3, -0.25) is 4.79 Å². The highest BCUT2D eigenvalue weighted by Crippen LogP contribution is 2.26. The smallest absolute Gasteiger partial charge is 0.235 e. The first-order valence-electron chi connectivity index (χ1n) is 7.61. The number of methoxy groups -OCH3 is 1. The predicted octanol–water partition coefficient (Wildman–Crippen LogP) is 4.14. The lowest BCUT2D eigenvalue weighted by Gasteiger charge is -2.21. The van der Waals surface area contributed by atoms with Gasteiger partial charge < -0.3 is 9.64 Å². The van der Waals surface area contributed by atoms with Crippen LogP contribution in [0.2, 0.25) is 0 Å². The minimum Gasteiger partial charge on any atom is -0.497 e. The van der Waals surface area contributed by atoms with Crippen LogP contribution in [0.25, 0.3) is 0 Å². The molecule has 0 saturated heterocycles. The molecule has 1 atom stereocenters. The highest BCUT2D eigenvalue weighted by molar-refractivity contribution is 8.00. The summed E-state index contributed by atoms with van der Waals surface area (Å²) in [6.07, 6.45) is 0. The minimum absolute atomic E-state index is 0.126. The Bertz CT molecular complexity index is 637. The number of carbonyl (C=O) groups is 1. The van der Waals surface area contributed by atoms with Crippen molar-refractivity contribution in [3.05, 3.63) is 59.7 Å². The molecule has 122 valence electrons. The maximum Gasteiger partial charge on any atom is 0.235 e. The number of thioether (sulfide) groups is 1. The van der Waals surface area contributed by atoms with E-state index in [1.165, 1.54) is 5.56 Å². The van der Waals surface area contributed by atoms with Crippen molar-refractivity contribution < 1.29 is 9.53 Å². The number of amides is 1. The summed E-state index contributed by atoms with van der Waals surface area (Å²) in [5.41, 5.74) is 2.37. The third kappa shape index (κ3) is 5.03. The third-order valence-electron chi connectivity index (χ3n) is 3.64. The number of hydrogen-bond donors (Lipinski definition) is 0. The maximum absolute atomic E-state index is 12.5. The molecular formula is C19H23NO2S. The molecule has 2 aromatic rings. The lowest BCUT2D eigenvalue weighted by atomic mass is 10.1. The van der Waals surface area contributed by atoms with E-state index in [0.717, 1.165) is 16.2 Å². The fourth-order valence-corrected chi connectivity index (χ4v) is 3.25. The van der Waals surface area contributed by atoms with Gasteiger partial charge in [-0.1, -0.05) is 29.8 Å². The van der Waals surface area contributed by atoms with Gasteiger partial charge in [0.1, 0.15) is 5.75 Å². The van der Waals surface area contributed by atoms with Gasteiger partial charge in [0, 0.05) is 18.5 Å². The number of benzene rings is 2. The molecule has 3 nitrogen and oxygen atoms in total. The topological polar surface area (TPSA) is 29.5 Å². The summed E-state index contributed by atoms with van der Waals surface area (Å²) in [5.74, 6) is 0.955. The fourth-order valence-electron chi connectivity index (χ4n) is 2.26. The quantitative estimate of drug-likeness (QED) is 0.746. The van der Waals surface area contributed by atoms with E-state index in [2.05, 4.69) is 31.2 Å². The zero-order valence-electron chi connectivity index (χ0n) is 14.1. The molecule has 4 heteroatoms. The molecule has 0 heterocycles. The second-order valence-electron chi connectivity index (χ2n) is 5.62. The Morgan fingerprint density at radius 3 is 2.30 bits per heavy atom. The Morgan fingerprint density at radius 1 is 1.13 bits per heavy atom. The van der Waals surface area contributed by atoms with E-state index in [0.29, 0.717) is 6.54 Å². The van der Waals surface area contributed by atoms with Crippen molar-refractivity contribution in [1.82, 2.24) is 4.90 Å². The first-order valence-corrected chi connectivity index (χ1v) is 8.49. The Labute approximate surface area is 142 Å². The van der Waals surface area contributed by atoms with E-state index in [1.807, 2.05) is 38.2 Å². The third-order valence-corrected chi connectivity index (χ3v) is 4.74. The van der Waals surface area contributed by atoms with Crippen LogP contribution in [0.1, 0.15) is 18.1 Å². The molecule has 0 radical (unpaired) electrons. The standard InChI is InChI=1S/C19H23NO2S/c1-14-5-7-16(8-6-14)13-20(3)19(21)15(2)23-18-11-9-17(22-4)10-12-18/h5-12,15H,13H2,1-4H3. The lowest BCUT2D eigenvalue weighted by Crippen LogP contribution is -2.32. The largest absolute Gasteiger partial charge is 0.497 e.